The van der Waals surface area contributed by atoms with Crippen molar-refractivity contribution in [2.24, 2.45) is 0 Å². The average molecular weight is 338 g/mol. The Morgan fingerprint density at radius 2 is 1.79 bits per heavy atom. The number of aromatic nitrogens is 1. The van der Waals surface area contributed by atoms with Crippen LogP contribution in [0.2, 0.25) is 0 Å². The van der Waals surface area contributed by atoms with Crippen molar-refractivity contribution < 1.29 is 9.32 Å². The molecule has 1 aromatic heterocycles. The zero-order valence-corrected chi connectivity index (χ0v) is 16.3. The molecule has 0 aromatic carbocycles. The van der Waals surface area contributed by atoms with Crippen LogP contribution >= 0.6 is 0 Å². The van der Waals surface area contributed by atoms with E-state index in [1.807, 2.05) is 6.92 Å². The third-order valence-corrected chi connectivity index (χ3v) is 5.13. The van der Waals surface area contributed by atoms with Gasteiger partial charge in [-0.25, -0.2) is 0 Å². The molecule has 0 spiro atoms. The molecule has 1 atom stereocenters. The normalized spacial score (nSPS) is 13.3. The minimum atomic E-state index is -0.148. The van der Waals surface area contributed by atoms with Crippen LogP contribution in [0, 0.1) is 0 Å². The first-order chi connectivity index (χ1) is 11.5. The molecule has 1 N–H and O–H groups in total. The molecule has 0 aliphatic heterocycles. The molecule has 5 nitrogen and oxygen atoms in total. The third kappa shape index (κ3) is 4.59. The van der Waals surface area contributed by atoms with Gasteiger partial charge >= 0.3 is 0 Å². The highest BCUT2D eigenvalue weighted by atomic mass is 16.5. The predicted octanol–water partition coefficient (Wildman–Crippen LogP) is 4.04. The Hall–Kier alpha value is -1.36. The number of aryl methyl sites for hydroxylation is 1. The van der Waals surface area contributed by atoms with Gasteiger partial charge in [-0.1, -0.05) is 39.8 Å². The van der Waals surface area contributed by atoms with Crippen LogP contribution in [-0.2, 0) is 6.42 Å². The second-order valence-corrected chi connectivity index (χ2v) is 6.52. The first-order valence-electron chi connectivity index (χ1n) is 9.50. The van der Waals surface area contributed by atoms with Crippen LogP contribution in [-0.4, -0.2) is 40.6 Å². The van der Waals surface area contributed by atoms with Gasteiger partial charge in [-0.05, 0) is 45.7 Å². The summed E-state index contributed by atoms with van der Waals surface area (Å²) in [5, 5.41) is 7.06. The molecule has 24 heavy (non-hydrogen) atoms. The quantitative estimate of drug-likeness (QED) is 0.662. The van der Waals surface area contributed by atoms with E-state index in [4.69, 9.17) is 4.52 Å². The highest BCUT2D eigenvalue weighted by Crippen LogP contribution is 2.29. The molecular formula is C19H35N3O2. The second-order valence-electron chi connectivity index (χ2n) is 6.52. The summed E-state index contributed by atoms with van der Waals surface area (Å²) in [6, 6.07) is 1.78. The number of carbonyl (C=O) groups is 1. The van der Waals surface area contributed by atoms with Crippen molar-refractivity contribution in [1.29, 1.82) is 0 Å². The molecule has 1 heterocycles. The van der Waals surface area contributed by atoms with E-state index in [9.17, 15) is 4.79 Å². The lowest BCUT2D eigenvalue weighted by molar-refractivity contribution is 0.0424. The smallest absolute Gasteiger partial charge is 0.273 e. The predicted molar refractivity (Wildman–Crippen MR) is 98.3 cm³/mol. The van der Waals surface area contributed by atoms with Gasteiger partial charge in [0.15, 0.2) is 5.69 Å². The molecule has 0 bridgehead atoms. The van der Waals surface area contributed by atoms with Gasteiger partial charge in [0.05, 0.1) is 0 Å². The van der Waals surface area contributed by atoms with E-state index in [1.54, 1.807) is 6.07 Å². The fourth-order valence-electron chi connectivity index (χ4n) is 3.67. The van der Waals surface area contributed by atoms with Crippen molar-refractivity contribution in [3.8, 4) is 0 Å². The van der Waals surface area contributed by atoms with Gasteiger partial charge in [0.25, 0.3) is 5.91 Å². The van der Waals surface area contributed by atoms with Crippen molar-refractivity contribution in [3.63, 3.8) is 0 Å². The van der Waals surface area contributed by atoms with E-state index in [0.717, 1.165) is 51.0 Å². The maximum atomic E-state index is 12.5. The van der Waals surface area contributed by atoms with E-state index < -0.39 is 0 Å². The number of rotatable bonds is 11. The highest BCUT2D eigenvalue weighted by Gasteiger charge is 2.39. The lowest BCUT2D eigenvalue weighted by atomic mass is 9.82. The van der Waals surface area contributed by atoms with Crippen LogP contribution in [0.1, 0.15) is 83.5 Å². The Morgan fingerprint density at radius 1 is 1.21 bits per heavy atom. The molecule has 138 valence electrons. The number of amides is 1. The fraction of sp³-hybridized carbons (Fsp3) is 0.789. The zero-order valence-electron chi connectivity index (χ0n) is 16.3. The lowest BCUT2D eigenvalue weighted by Gasteiger charge is -2.47. The fourth-order valence-corrected chi connectivity index (χ4v) is 3.67. The summed E-state index contributed by atoms with van der Waals surface area (Å²) >= 11 is 0. The van der Waals surface area contributed by atoms with Crippen molar-refractivity contribution >= 4 is 5.91 Å². The monoisotopic (exact) mass is 337 g/mol. The summed E-state index contributed by atoms with van der Waals surface area (Å²) in [5.41, 5.74) is 0.344. The summed E-state index contributed by atoms with van der Waals surface area (Å²) in [6.45, 7) is 15.1. The SMILES string of the molecule is CCCN(CCC)C(CC)(CC)C(C)NC(=O)c1cc(CC)on1. The van der Waals surface area contributed by atoms with Crippen molar-refractivity contribution in [2.45, 2.75) is 85.2 Å². The van der Waals surface area contributed by atoms with E-state index in [-0.39, 0.29) is 17.5 Å². The summed E-state index contributed by atoms with van der Waals surface area (Å²) in [6.07, 6.45) is 4.98. The molecule has 0 saturated carbocycles. The Morgan fingerprint density at radius 3 is 2.21 bits per heavy atom. The maximum Gasteiger partial charge on any atom is 0.273 e. The first-order valence-corrected chi connectivity index (χ1v) is 9.50. The molecule has 0 fully saturated rings. The maximum absolute atomic E-state index is 12.5. The van der Waals surface area contributed by atoms with Crippen molar-refractivity contribution in [3.05, 3.63) is 17.5 Å². The van der Waals surface area contributed by atoms with Gasteiger partial charge in [0.2, 0.25) is 0 Å². The van der Waals surface area contributed by atoms with Crippen LogP contribution in [0.25, 0.3) is 0 Å². The van der Waals surface area contributed by atoms with Crippen molar-refractivity contribution in [2.75, 3.05) is 13.1 Å². The first kappa shape index (κ1) is 20.7. The number of nitrogens with one attached hydrogen (secondary N) is 1. The number of carbonyl (C=O) groups excluding carboxylic acids is 1. The minimum absolute atomic E-state index is 0.0288. The topological polar surface area (TPSA) is 58.4 Å². The molecule has 1 rings (SSSR count). The van der Waals surface area contributed by atoms with E-state index in [0.29, 0.717) is 5.69 Å². The zero-order chi connectivity index (χ0) is 18.2. The number of hydrogen-bond donors (Lipinski definition) is 1. The number of nitrogens with zero attached hydrogens (tertiary/aromatic N) is 2. The van der Waals surface area contributed by atoms with E-state index in [1.165, 1.54) is 0 Å². The van der Waals surface area contributed by atoms with Gasteiger partial charge in [-0.2, -0.15) is 0 Å². The molecule has 0 radical (unpaired) electrons. The second kappa shape index (κ2) is 9.82. The molecular weight excluding hydrogens is 302 g/mol. The molecule has 5 heteroatoms. The Balaban J connectivity index is 2.95. The molecule has 1 unspecified atom stereocenters. The van der Waals surface area contributed by atoms with Gasteiger partial charge in [0.1, 0.15) is 5.76 Å². The van der Waals surface area contributed by atoms with Gasteiger partial charge in [0, 0.05) is 24.1 Å². The van der Waals surface area contributed by atoms with Gasteiger partial charge < -0.3 is 9.84 Å². The van der Waals surface area contributed by atoms with Crippen LogP contribution < -0.4 is 5.32 Å². The van der Waals surface area contributed by atoms with Crippen molar-refractivity contribution in [1.82, 2.24) is 15.4 Å². The average Bonchev–Trinajstić information content (AvgIpc) is 3.06. The molecule has 0 aliphatic carbocycles. The molecule has 0 saturated heterocycles. The molecule has 1 aromatic rings. The molecule has 1 amide bonds. The Bertz CT molecular complexity index is 489. The van der Waals surface area contributed by atoms with Crippen LogP contribution in [0.4, 0.5) is 0 Å². The van der Waals surface area contributed by atoms with Gasteiger partial charge in [-0.15, -0.1) is 0 Å². The molecule has 0 aliphatic rings. The van der Waals surface area contributed by atoms with Crippen LogP contribution in [0.5, 0.6) is 0 Å². The van der Waals surface area contributed by atoms with Gasteiger partial charge in [-0.3, -0.25) is 9.69 Å². The largest absolute Gasteiger partial charge is 0.361 e. The summed E-state index contributed by atoms with van der Waals surface area (Å²) in [4.78, 5) is 15.1. The summed E-state index contributed by atoms with van der Waals surface area (Å²) in [7, 11) is 0. The summed E-state index contributed by atoms with van der Waals surface area (Å²) in [5.74, 6) is 0.591. The Labute approximate surface area is 147 Å². The van der Waals surface area contributed by atoms with Crippen LogP contribution in [0.3, 0.4) is 0 Å². The standard InChI is InChI=1S/C19H35N3O2/c1-7-12-22(13-8-2)19(10-4,11-5)15(6)20-18(23)17-14-16(9-3)24-21-17/h14-15H,7-13H2,1-6H3,(H,20,23). The van der Waals surface area contributed by atoms with E-state index >= 15 is 0 Å². The lowest BCUT2D eigenvalue weighted by Crippen LogP contribution is -2.61. The van der Waals surface area contributed by atoms with Crippen LogP contribution in [0.15, 0.2) is 10.6 Å². The minimum Gasteiger partial charge on any atom is -0.361 e. The third-order valence-electron chi connectivity index (χ3n) is 5.13. The highest BCUT2D eigenvalue weighted by molar-refractivity contribution is 5.92. The number of hydrogen-bond acceptors (Lipinski definition) is 4. The summed E-state index contributed by atoms with van der Waals surface area (Å²) < 4.78 is 5.16. The van der Waals surface area contributed by atoms with E-state index in [2.05, 4.69) is 50.0 Å². The Kier molecular flexibility index (Phi) is 8.46.